The Morgan fingerprint density at radius 1 is 1.29 bits per heavy atom. The molecular formula is C17H24N6O. The average Bonchev–Trinajstić information content (AvgIpc) is 3.23. The molecule has 1 aliphatic carbocycles. The van der Waals surface area contributed by atoms with Crippen LogP contribution in [0.5, 0.6) is 0 Å². The predicted octanol–water partition coefficient (Wildman–Crippen LogP) is 2.43. The molecule has 24 heavy (non-hydrogen) atoms. The fourth-order valence-electron chi connectivity index (χ4n) is 3.94. The van der Waals surface area contributed by atoms with E-state index < -0.39 is 0 Å². The van der Waals surface area contributed by atoms with Gasteiger partial charge in [-0.3, -0.25) is 10.1 Å². The Labute approximate surface area is 141 Å². The lowest BCUT2D eigenvalue weighted by atomic mass is 9.89. The number of carbonyl (C=O) groups is 1. The van der Waals surface area contributed by atoms with Crippen molar-refractivity contribution in [1.82, 2.24) is 24.3 Å². The van der Waals surface area contributed by atoms with Crippen LogP contribution >= 0.6 is 0 Å². The second kappa shape index (κ2) is 6.37. The monoisotopic (exact) mass is 328 g/mol. The van der Waals surface area contributed by atoms with E-state index in [1.165, 1.54) is 6.42 Å². The van der Waals surface area contributed by atoms with Crippen molar-refractivity contribution in [3.05, 3.63) is 24.5 Å². The van der Waals surface area contributed by atoms with E-state index in [0.717, 1.165) is 44.5 Å². The minimum Gasteiger partial charge on any atom is -0.332 e. The molecule has 3 heterocycles. The molecule has 0 bridgehead atoms. The van der Waals surface area contributed by atoms with Gasteiger partial charge in [0.25, 0.3) is 0 Å². The fourth-order valence-corrected chi connectivity index (χ4v) is 3.94. The van der Waals surface area contributed by atoms with Crippen molar-refractivity contribution in [2.45, 2.75) is 58.0 Å². The summed E-state index contributed by atoms with van der Waals surface area (Å²) in [7, 11) is 0. The Kier molecular flexibility index (Phi) is 4.08. The molecule has 2 atom stereocenters. The van der Waals surface area contributed by atoms with Crippen LogP contribution in [-0.4, -0.2) is 30.2 Å². The first-order valence-electron chi connectivity index (χ1n) is 8.93. The van der Waals surface area contributed by atoms with Crippen LogP contribution in [0, 0.1) is 11.8 Å². The highest BCUT2D eigenvalue weighted by Gasteiger charge is 2.29. The third kappa shape index (κ3) is 2.95. The van der Waals surface area contributed by atoms with Gasteiger partial charge >= 0.3 is 0 Å². The molecular weight excluding hydrogens is 304 g/mol. The topological polar surface area (TPSA) is 77.6 Å². The van der Waals surface area contributed by atoms with E-state index in [1.807, 2.05) is 17.2 Å². The molecule has 0 saturated heterocycles. The van der Waals surface area contributed by atoms with Crippen molar-refractivity contribution in [3.8, 4) is 0 Å². The summed E-state index contributed by atoms with van der Waals surface area (Å²) in [6.45, 7) is 2.99. The summed E-state index contributed by atoms with van der Waals surface area (Å²) in [6.07, 6.45) is 12.0. The molecule has 1 N–H and O–H groups in total. The number of hydrogen-bond acceptors (Lipinski definition) is 4. The molecule has 2 aromatic rings. The molecule has 1 saturated carbocycles. The van der Waals surface area contributed by atoms with Crippen LogP contribution in [0.2, 0.25) is 0 Å². The predicted molar refractivity (Wildman–Crippen MR) is 89.4 cm³/mol. The molecule has 0 aromatic carbocycles. The van der Waals surface area contributed by atoms with Gasteiger partial charge in [-0.1, -0.05) is 26.2 Å². The van der Waals surface area contributed by atoms with E-state index in [4.69, 9.17) is 0 Å². The number of imidazole rings is 1. The van der Waals surface area contributed by atoms with Gasteiger partial charge < -0.3 is 4.57 Å². The lowest BCUT2D eigenvalue weighted by Crippen LogP contribution is -2.30. The maximum Gasteiger partial charge on any atom is 0.248 e. The SMILES string of the molecule is CC1Cc2nc(NC(=O)C3CCCCC3)nn2CC1n1ccnc1. The highest BCUT2D eigenvalue weighted by atomic mass is 16.2. The summed E-state index contributed by atoms with van der Waals surface area (Å²) in [5.41, 5.74) is 0. The summed E-state index contributed by atoms with van der Waals surface area (Å²) >= 11 is 0. The normalized spacial score (nSPS) is 24.5. The molecule has 1 aliphatic heterocycles. The zero-order chi connectivity index (χ0) is 16.5. The first-order valence-corrected chi connectivity index (χ1v) is 8.93. The van der Waals surface area contributed by atoms with Crippen LogP contribution in [-0.2, 0) is 17.8 Å². The van der Waals surface area contributed by atoms with Gasteiger partial charge in [-0.25, -0.2) is 9.67 Å². The van der Waals surface area contributed by atoms with Gasteiger partial charge in [-0.15, -0.1) is 5.10 Å². The van der Waals surface area contributed by atoms with Crippen LogP contribution in [0.15, 0.2) is 18.7 Å². The first-order chi connectivity index (χ1) is 11.7. The average molecular weight is 328 g/mol. The Morgan fingerprint density at radius 3 is 2.88 bits per heavy atom. The molecule has 1 amide bonds. The van der Waals surface area contributed by atoms with Crippen LogP contribution in [0.25, 0.3) is 0 Å². The molecule has 2 aromatic heterocycles. The van der Waals surface area contributed by atoms with E-state index in [0.29, 0.717) is 17.9 Å². The van der Waals surface area contributed by atoms with Crippen molar-refractivity contribution in [3.63, 3.8) is 0 Å². The third-order valence-corrected chi connectivity index (χ3v) is 5.39. The fraction of sp³-hybridized carbons (Fsp3) is 0.647. The summed E-state index contributed by atoms with van der Waals surface area (Å²) in [5, 5.41) is 7.45. The molecule has 4 rings (SSSR count). The van der Waals surface area contributed by atoms with Crippen LogP contribution < -0.4 is 5.32 Å². The zero-order valence-corrected chi connectivity index (χ0v) is 14.1. The molecule has 1 fully saturated rings. The Balaban J connectivity index is 1.47. The van der Waals surface area contributed by atoms with Gasteiger partial charge in [0.1, 0.15) is 5.82 Å². The smallest absolute Gasteiger partial charge is 0.248 e. The van der Waals surface area contributed by atoms with Gasteiger partial charge in [0.15, 0.2) is 0 Å². The standard InChI is InChI=1S/C17H24N6O/c1-12-9-15-19-17(20-16(24)13-5-3-2-4-6-13)21-23(15)10-14(12)22-8-7-18-11-22/h7-8,11-14H,2-6,9-10H2,1H3,(H,20,21,24). The molecule has 7 heteroatoms. The number of hydrogen-bond donors (Lipinski definition) is 1. The number of fused-ring (bicyclic) bond motifs is 1. The summed E-state index contributed by atoms with van der Waals surface area (Å²) in [4.78, 5) is 21.1. The van der Waals surface area contributed by atoms with Crippen LogP contribution in [0.1, 0.15) is 50.9 Å². The summed E-state index contributed by atoms with van der Waals surface area (Å²) < 4.78 is 4.07. The highest BCUT2D eigenvalue weighted by molar-refractivity contribution is 5.90. The maximum atomic E-state index is 12.4. The van der Waals surface area contributed by atoms with E-state index in [2.05, 4.69) is 31.9 Å². The largest absolute Gasteiger partial charge is 0.332 e. The van der Waals surface area contributed by atoms with Gasteiger partial charge in [-0.2, -0.15) is 4.98 Å². The van der Waals surface area contributed by atoms with Gasteiger partial charge in [0.05, 0.1) is 18.9 Å². The van der Waals surface area contributed by atoms with E-state index in [9.17, 15) is 4.79 Å². The first kappa shape index (κ1) is 15.4. The second-order valence-electron chi connectivity index (χ2n) is 7.12. The van der Waals surface area contributed by atoms with Crippen LogP contribution in [0.4, 0.5) is 5.95 Å². The van der Waals surface area contributed by atoms with Crippen molar-refractivity contribution in [1.29, 1.82) is 0 Å². The molecule has 2 unspecified atom stereocenters. The van der Waals surface area contributed by atoms with Gasteiger partial charge in [-0.05, 0) is 18.8 Å². The van der Waals surface area contributed by atoms with E-state index >= 15 is 0 Å². The summed E-state index contributed by atoms with van der Waals surface area (Å²) in [5.74, 6) is 2.07. The van der Waals surface area contributed by atoms with Crippen molar-refractivity contribution in [2.75, 3.05) is 5.32 Å². The van der Waals surface area contributed by atoms with E-state index in [1.54, 1.807) is 6.20 Å². The third-order valence-electron chi connectivity index (χ3n) is 5.39. The number of rotatable bonds is 3. The maximum absolute atomic E-state index is 12.4. The molecule has 2 aliphatic rings. The Hall–Kier alpha value is -2.18. The molecule has 7 nitrogen and oxygen atoms in total. The van der Waals surface area contributed by atoms with Crippen molar-refractivity contribution < 1.29 is 4.79 Å². The summed E-state index contributed by atoms with van der Waals surface area (Å²) in [6, 6.07) is 0.323. The Bertz CT molecular complexity index is 701. The van der Waals surface area contributed by atoms with Crippen molar-refractivity contribution >= 4 is 11.9 Å². The van der Waals surface area contributed by atoms with Crippen molar-refractivity contribution in [2.24, 2.45) is 11.8 Å². The number of anilines is 1. The second-order valence-corrected chi connectivity index (χ2v) is 7.12. The number of amides is 1. The number of carbonyl (C=O) groups excluding carboxylic acids is 1. The van der Waals surface area contributed by atoms with Gasteiger partial charge in [0, 0.05) is 24.7 Å². The van der Waals surface area contributed by atoms with E-state index in [-0.39, 0.29) is 11.8 Å². The number of nitrogens with one attached hydrogen (secondary N) is 1. The highest BCUT2D eigenvalue weighted by Crippen LogP contribution is 2.29. The number of nitrogens with zero attached hydrogens (tertiary/aromatic N) is 5. The molecule has 0 spiro atoms. The minimum atomic E-state index is 0.0804. The molecule has 0 radical (unpaired) electrons. The zero-order valence-electron chi connectivity index (χ0n) is 14.1. The minimum absolute atomic E-state index is 0.0804. The number of aromatic nitrogens is 5. The van der Waals surface area contributed by atoms with Gasteiger partial charge in [0.2, 0.25) is 11.9 Å². The Morgan fingerprint density at radius 2 is 2.12 bits per heavy atom. The molecule has 128 valence electrons. The lowest BCUT2D eigenvalue weighted by molar-refractivity contribution is -0.120. The quantitative estimate of drug-likeness (QED) is 0.938. The van der Waals surface area contributed by atoms with Crippen LogP contribution in [0.3, 0.4) is 0 Å². The lowest BCUT2D eigenvalue weighted by Gasteiger charge is -2.29.